The molecule has 1 N–H and O–H groups in total. The molecule has 33 heavy (non-hydrogen) atoms. The van der Waals surface area contributed by atoms with Crippen molar-refractivity contribution < 1.29 is 23.1 Å². The maximum Gasteiger partial charge on any atom is 0.435 e. The first-order valence-electron chi connectivity index (χ1n) is 10.7. The van der Waals surface area contributed by atoms with Crippen molar-refractivity contribution in [2.24, 2.45) is 0 Å². The van der Waals surface area contributed by atoms with Gasteiger partial charge in [-0.05, 0) is 68.8 Å². The van der Waals surface area contributed by atoms with E-state index < -0.39 is 17.8 Å². The van der Waals surface area contributed by atoms with Crippen LogP contribution in [0.4, 0.5) is 13.2 Å². The van der Waals surface area contributed by atoms with Crippen molar-refractivity contribution >= 4 is 17.6 Å². The fraction of sp³-hybridized carbons (Fsp3) is 0.333. The second kappa shape index (κ2) is 9.19. The van der Waals surface area contributed by atoms with Gasteiger partial charge in [-0.15, -0.1) is 0 Å². The van der Waals surface area contributed by atoms with Gasteiger partial charge in [0.25, 0.3) is 0 Å². The van der Waals surface area contributed by atoms with E-state index in [1.807, 2.05) is 6.92 Å². The van der Waals surface area contributed by atoms with Gasteiger partial charge >= 0.3 is 12.1 Å². The Balaban J connectivity index is 1.87. The average Bonchev–Trinajstić information content (AvgIpc) is 3.25. The number of piperidine rings is 1. The summed E-state index contributed by atoms with van der Waals surface area (Å²) in [7, 11) is 0. The molecule has 0 radical (unpaired) electrons. The maximum atomic E-state index is 13.5. The molecule has 1 aliphatic rings. The Morgan fingerprint density at radius 2 is 1.79 bits per heavy atom. The van der Waals surface area contributed by atoms with Crippen LogP contribution in [0, 0.1) is 0 Å². The number of aromatic nitrogens is 2. The summed E-state index contributed by atoms with van der Waals surface area (Å²) in [5, 5.41) is 13.8. The monoisotopic (exact) mass is 477 g/mol. The predicted molar refractivity (Wildman–Crippen MR) is 120 cm³/mol. The lowest BCUT2D eigenvalue weighted by Gasteiger charge is -2.33. The highest BCUT2D eigenvalue weighted by molar-refractivity contribution is 6.32. The van der Waals surface area contributed by atoms with Crippen molar-refractivity contribution in [1.29, 1.82) is 0 Å². The molecule has 0 bridgehead atoms. The molecule has 1 saturated heterocycles. The van der Waals surface area contributed by atoms with E-state index in [0.717, 1.165) is 43.1 Å². The molecule has 174 valence electrons. The second-order valence-corrected chi connectivity index (χ2v) is 8.56. The highest BCUT2D eigenvalue weighted by Gasteiger charge is 2.36. The third-order valence-corrected chi connectivity index (χ3v) is 6.37. The number of aromatic carboxylic acids is 1. The van der Waals surface area contributed by atoms with Crippen LogP contribution in [-0.2, 0) is 6.18 Å². The maximum absolute atomic E-state index is 13.5. The number of para-hydroxylation sites is 1. The molecule has 0 aliphatic carbocycles. The first-order chi connectivity index (χ1) is 15.7. The summed E-state index contributed by atoms with van der Waals surface area (Å²) in [6.45, 7) is 3.63. The van der Waals surface area contributed by atoms with Gasteiger partial charge in [-0.25, -0.2) is 9.48 Å². The molecule has 4 rings (SSSR count). The zero-order valence-electron chi connectivity index (χ0n) is 17.9. The van der Waals surface area contributed by atoms with Crippen LogP contribution in [0.3, 0.4) is 0 Å². The molecule has 9 heteroatoms. The van der Waals surface area contributed by atoms with Crippen molar-refractivity contribution in [2.45, 2.75) is 38.4 Å². The minimum atomic E-state index is -4.65. The second-order valence-electron chi connectivity index (χ2n) is 8.16. The van der Waals surface area contributed by atoms with Crippen LogP contribution >= 0.6 is 11.6 Å². The van der Waals surface area contributed by atoms with Crippen LogP contribution in [0.1, 0.15) is 53.8 Å². The highest BCUT2D eigenvalue weighted by Crippen LogP contribution is 2.36. The molecule has 1 aromatic heterocycles. The summed E-state index contributed by atoms with van der Waals surface area (Å²) in [4.78, 5) is 14.1. The number of rotatable bonds is 5. The summed E-state index contributed by atoms with van der Waals surface area (Å²) < 4.78 is 41.8. The molecule has 1 fully saturated rings. The largest absolute Gasteiger partial charge is 0.478 e. The van der Waals surface area contributed by atoms with E-state index in [-0.39, 0.29) is 22.3 Å². The summed E-state index contributed by atoms with van der Waals surface area (Å²) in [6, 6.07) is 11.9. The van der Waals surface area contributed by atoms with Crippen molar-refractivity contribution in [3.05, 3.63) is 70.4 Å². The molecule has 1 unspecified atom stereocenters. The topological polar surface area (TPSA) is 58.4 Å². The van der Waals surface area contributed by atoms with E-state index in [4.69, 9.17) is 11.6 Å². The lowest BCUT2D eigenvalue weighted by molar-refractivity contribution is -0.141. The Hall–Kier alpha value is -2.84. The Labute approximate surface area is 194 Å². The van der Waals surface area contributed by atoms with Gasteiger partial charge in [0.2, 0.25) is 0 Å². The Kier molecular flexibility index (Phi) is 6.50. The van der Waals surface area contributed by atoms with Gasteiger partial charge < -0.3 is 5.11 Å². The van der Waals surface area contributed by atoms with Crippen LogP contribution in [0.15, 0.2) is 48.5 Å². The zero-order chi connectivity index (χ0) is 23.8. The molecular formula is C24H23ClF3N3O2. The number of hydrogen-bond donors (Lipinski definition) is 1. The van der Waals surface area contributed by atoms with E-state index >= 15 is 0 Å². The summed E-state index contributed by atoms with van der Waals surface area (Å²) >= 11 is 6.27. The van der Waals surface area contributed by atoms with Gasteiger partial charge in [0.05, 0.1) is 22.0 Å². The Morgan fingerprint density at radius 1 is 1.09 bits per heavy atom. The molecule has 3 aromatic rings. The first kappa shape index (κ1) is 23.3. The van der Waals surface area contributed by atoms with E-state index in [0.29, 0.717) is 16.8 Å². The number of carboxylic acids is 1. The van der Waals surface area contributed by atoms with Crippen LogP contribution in [0.2, 0.25) is 5.02 Å². The number of alkyl halides is 3. The van der Waals surface area contributed by atoms with E-state index in [2.05, 4.69) is 10.00 Å². The standard InChI is InChI=1S/C24H23ClF3N3O2/c1-15(30-11-5-2-6-12-30)18-13-16(9-10-17(18)23(32)33)21-14-22(24(26,27)28)29-31(21)20-8-4-3-7-19(20)25/h3-4,7-10,13-15H,2,5-6,11-12H2,1H3,(H,32,33). The van der Waals surface area contributed by atoms with Crippen LogP contribution in [0.25, 0.3) is 16.9 Å². The number of carbonyl (C=O) groups is 1. The molecule has 5 nitrogen and oxygen atoms in total. The predicted octanol–water partition coefficient (Wildman–Crippen LogP) is 6.46. The molecule has 2 aromatic carbocycles. The van der Waals surface area contributed by atoms with Crippen molar-refractivity contribution in [2.75, 3.05) is 13.1 Å². The van der Waals surface area contributed by atoms with Crippen molar-refractivity contribution in [1.82, 2.24) is 14.7 Å². The van der Waals surface area contributed by atoms with Crippen molar-refractivity contribution in [3.8, 4) is 16.9 Å². The van der Waals surface area contributed by atoms with Crippen LogP contribution in [0.5, 0.6) is 0 Å². The van der Waals surface area contributed by atoms with Gasteiger partial charge in [-0.1, -0.05) is 36.2 Å². The normalized spacial score (nSPS) is 16.0. The van der Waals surface area contributed by atoms with E-state index in [9.17, 15) is 23.1 Å². The number of nitrogens with zero attached hydrogens (tertiary/aromatic N) is 3. The summed E-state index contributed by atoms with van der Waals surface area (Å²) in [6.07, 6.45) is -1.46. The fourth-order valence-corrected chi connectivity index (χ4v) is 4.51. The molecule has 0 saturated carbocycles. The lowest BCUT2D eigenvalue weighted by Crippen LogP contribution is -2.33. The fourth-order valence-electron chi connectivity index (χ4n) is 4.30. The number of carboxylic acid groups (broad SMARTS) is 1. The van der Waals surface area contributed by atoms with Gasteiger partial charge in [-0.3, -0.25) is 4.90 Å². The number of hydrogen-bond acceptors (Lipinski definition) is 3. The van der Waals surface area contributed by atoms with E-state index in [1.165, 1.54) is 12.1 Å². The average molecular weight is 478 g/mol. The third kappa shape index (κ3) is 4.77. The Morgan fingerprint density at radius 3 is 2.42 bits per heavy atom. The molecule has 0 amide bonds. The quantitative estimate of drug-likeness (QED) is 0.458. The highest BCUT2D eigenvalue weighted by atomic mass is 35.5. The number of halogens is 4. The number of benzene rings is 2. The molecule has 2 heterocycles. The van der Waals surface area contributed by atoms with Crippen LogP contribution in [-0.4, -0.2) is 38.8 Å². The van der Waals surface area contributed by atoms with Gasteiger partial charge in [0, 0.05) is 11.6 Å². The molecule has 1 aliphatic heterocycles. The van der Waals surface area contributed by atoms with Gasteiger partial charge in [-0.2, -0.15) is 18.3 Å². The summed E-state index contributed by atoms with van der Waals surface area (Å²) in [5.41, 5.74) is 0.559. The molecule has 1 atom stereocenters. The SMILES string of the molecule is CC(c1cc(-c2cc(C(F)(F)F)nn2-c2ccccc2Cl)ccc1C(=O)O)N1CCCCC1. The lowest BCUT2D eigenvalue weighted by atomic mass is 9.95. The first-order valence-corrected chi connectivity index (χ1v) is 11.1. The Bertz CT molecular complexity index is 1170. The molecule has 0 spiro atoms. The van der Waals surface area contributed by atoms with Gasteiger partial charge in [0.1, 0.15) is 0 Å². The summed E-state index contributed by atoms with van der Waals surface area (Å²) in [5.74, 6) is -1.07. The van der Waals surface area contributed by atoms with E-state index in [1.54, 1.807) is 30.3 Å². The minimum Gasteiger partial charge on any atom is -0.478 e. The minimum absolute atomic E-state index is 0.136. The smallest absolute Gasteiger partial charge is 0.435 e. The zero-order valence-corrected chi connectivity index (χ0v) is 18.7. The van der Waals surface area contributed by atoms with Crippen molar-refractivity contribution in [3.63, 3.8) is 0 Å². The van der Waals surface area contributed by atoms with Crippen LogP contribution < -0.4 is 0 Å². The van der Waals surface area contributed by atoms with Gasteiger partial charge in [0.15, 0.2) is 5.69 Å². The third-order valence-electron chi connectivity index (χ3n) is 6.05. The number of likely N-dealkylation sites (tertiary alicyclic amines) is 1. The molecular weight excluding hydrogens is 455 g/mol.